The number of carbonyl (C=O) groups is 4. The zero-order chi connectivity index (χ0) is 21.5. The molecule has 0 radical (unpaired) electrons. The molecule has 1 aliphatic carbocycles. The number of thiophene rings is 1. The zero-order valence-electron chi connectivity index (χ0n) is 17.0. The van der Waals surface area contributed by atoms with E-state index < -0.39 is 23.4 Å². The number of imide groups is 1. The molecule has 2 unspecified atom stereocenters. The second-order valence-corrected chi connectivity index (χ2v) is 10.2. The molecule has 4 rings (SSSR count). The molecule has 1 spiro atoms. The number of hydrogen-bond donors (Lipinski definition) is 2. The molecule has 2 fully saturated rings. The SMILES string of the molecule is CCOC(=O)c1c(NC(=O)CN2C(=O)NC3(CCSC3)C2=O)sc2c1CCC(C)C2. The molecule has 4 amide bonds. The van der Waals surface area contributed by atoms with E-state index in [1.807, 2.05) is 0 Å². The number of thioether (sulfide) groups is 1. The Morgan fingerprint density at radius 3 is 2.87 bits per heavy atom. The number of carbonyl (C=O) groups excluding carboxylic acids is 4. The summed E-state index contributed by atoms with van der Waals surface area (Å²) in [6.45, 7) is 3.78. The Morgan fingerprint density at radius 2 is 2.17 bits per heavy atom. The molecule has 8 nitrogen and oxygen atoms in total. The molecule has 2 N–H and O–H groups in total. The van der Waals surface area contributed by atoms with Crippen LogP contribution in [0.2, 0.25) is 0 Å². The third-order valence-electron chi connectivity index (χ3n) is 5.81. The monoisotopic (exact) mass is 451 g/mol. The van der Waals surface area contributed by atoms with Gasteiger partial charge in [0.2, 0.25) is 5.91 Å². The van der Waals surface area contributed by atoms with Crippen LogP contribution in [0.1, 0.15) is 47.5 Å². The molecule has 2 saturated heterocycles. The minimum Gasteiger partial charge on any atom is -0.462 e. The Labute approximate surface area is 183 Å². The summed E-state index contributed by atoms with van der Waals surface area (Å²) >= 11 is 3.00. The van der Waals surface area contributed by atoms with Gasteiger partial charge in [-0.2, -0.15) is 11.8 Å². The number of hydrogen-bond acceptors (Lipinski definition) is 7. The van der Waals surface area contributed by atoms with Crippen LogP contribution < -0.4 is 10.6 Å². The molecule has 162 valence electrons. The van der Waals surface area contributed by atoms with Crippen molar-refractivity contribution in [2.45, 2.75) is 45.1 Å². The van der Waals surface area contributed by atoms with Crippen molar-refractivity contribution >= 4 is 51.9 Å². The number of rotatable bonds is 5. The van der Waals surface area contributed by atoms with Crippen molar-refractivity contribution in [3.63, 3.8) is 0 Å². The van der Waals surface area contributed by atoms with E-state index >= 15 is 0 Å². The van der Waals surface area contributed by atoms with Crippen LogP contribution in [-0.4, -0.2) is 58.9 Å². The van der Waals surface area contributed by atoms with Gasteiger partial charge in [0.05, 0.1) is 12.2 Å². The highest BCUT2D eigenvalue weighted by Crippen LogP contribution is 2.40. The van der Waals surface area contributed by atoms with E-state index in [0.717, 1.165) is 40.4 Å². The normalized spacial score (nSPS) is 25.4. The lowest BCUT2D eigenvalue weighted by molar-refractivity contribution is -0.133. The molecule has 2 aliphatic heterocycles. The third kappa shape index (κ3) is 3.71. The van der Waals surface area contributed by atoms with Gasteiger partial charge in [0.1, 0.15) is 17.1 Å². The Kier molecular flexibility index (Phi) is 5.80. The summed E-state index contributed by atoms with van der Waals surface area (Å²) in [7, 11) is 0. The average molecular weight is 452 g/mol. The molecular weight excluding hydrogens is 426 g/mol. The minimum absolute atomic E-state index is 0.246. The average Bonchev–Trinajstić information content (AvgIpc) is 3.35. The van der Waals surface area contributed by atoms with E-state index in [4.69, 9.17) is 4.74 Å². The van der Waals surface area contributed by atoms with Gasteiger partial charge >= 0.3 is 12.0 Å². The van der Waals surface area contributed by atoms with E-state index in [0.29, 0.717) is 28.7 Å². The number of ether oxygens (including phenoxy) is 1. The topological polar surface area (TPSA) is 105 Å². The first kappa shape index (κ1) is 21.2. The summed E-state index contributed by atoms with van der Waals surface area (Å²) in [5.41, 5.74) is 0.484. The standard InChI is InChI=1S/C20H25N3O5S2/c1-3-28-17(25)15-12-5-4-11(2)8-13(12)30-16(15)21-14(24)9-23-18(26)20(22-19(23)27)6-7-29-10-20/h11H,3-10H2,1-2H3,(H,21,24)(H,22,27). The molecule has 30 heavy (non-hydrogen) atoms. The van der Waals surface area contributed by atoms with Crippen LogP contribution >= 0.6 is 23.1 Å². The molecule has 1 aromatic rings. The summed E-state index contributed by atoms with van der Waals surface area (Å²) in [5, 5.41) is 5.96. The summed E-state index contributed by atoms with van der Waals surface area (Å²) in [4.78, 5) is 52.5. The Balaban J connectivity index is 1.52. The van der Waals surface area contributed by atoms with Crippen molar-refractivity contribution in [3.8, 4) is 0 Å². The first-order valence-corrected chi connectivity index (χ1v) is 12.1. The molecule has 1 aromatic heterocycles. The number of fused-ring (bicyclic) bond motifs is 1. The fraction of sp³-hybridized carbons (Fsp3) is 0.600. The zero-order valence-corrected chi connectivity index (χ0v) is 18.7. The smallest absolute Gasteiger partial charge is 0.341 e. The largest absolute Gasteiger partial charge is 0.462 e. The number of urea groups is 1. The first-order chi connectivity index (χ1) is 14.3. The van der Waals surface area contributed by atoms with Crippen LogP contribution in [0.15, 0.2) is 0 Å². The summed E-state index contributed by atoms with van der Waals surface area (Å²) < 4.78 is 5.22. The summed E-state index contributed by atoms with van der Waals surface area (Å²) in [5.74, 6) is 0.543. The fourth-order valence-electron chi connectivity index (χ4n) is 4.22. The quantitative estimate of drug-likeness (QED) is 0.526. The highest BCUT2D eigenvalue weighted by atomic mass is 32.2. The maximum atomic E-state index is 12.8. The van der Waals surface area contributed by atoms with Crippen LogP contribution in [0.3, 0.4) is 0 Å². The summed E-state index contributed by atoms with van der Waals surface area (Å²) in [6, 6.07) is -0.539. The van der Waals surface area contributed by atoms with E-state index in [9.17, 15) is 19.2 Å². The number of nitrogens with one attached hydrogen (secondary N) is 2. The maximum Gasteiger partial charge on any atom is 0.341 e. The third-order valence-corrected chi connectivity index (χ3v) is 8.17. The van der Waals surface area contributed by atoms with Crippen LogP contribution in [0.5, 0.6) is 0 Å². The van der Waals surface area contributed by atoms with Gasteiger partial charge in [-0.25, -0.2) is 9.59 Å². The lowest BCUT2D eigenvalue weighted by Gasteiger charge is -2.19. The summed E-state index contributed by atoms with van der Waals surface area (Å²) in [6.07, 6.45) is 3.18. The van der Waals surface area contributed by atoms with Crippen LogP contribution in [0.4, 0.5) is 9.80 Å². The minimum atomic E-state index is -0.879. The van der Waals surface area contributed by atoms with E-state index in [1.54, 1.807) is 18.7 Å². The van der Waals surface area contributed by atoms with Crippen molar-refractivity contribution in [2.75, 3.05) is 30.0 Å². The number of nitrogens with zero attached hydrogens (tertiary/aromatic N) is 1. The molecule has 3 aliphatic rings. The van der Waals surface area contributed by atoms with Gasteiger partial charge in [-0.15, -0.1) is 11.3 Å². The Morgan fingerprint density at radius 1 is 1.37 bits per heavy atom. The highest BCUT2D eigenvalue weighted by molar-refractivity contribution is 7.99. The number of amides is 4. The van der Waals surface area contributed by atoms with Crippen LogP contribution in [-0.2, 0) is 27.2 Å². The van der Waals surface area contributed by atoms with Crippen LogP contribution in [0.25, 0.3) is 0 Å². The van der Waals surface area contributed by atoms with Crippen molar-refractivity contribution < 1.29 is 23.9 Å². The first-order valence-electron chi connectivity index (χ1n) is 10.2. The Hall–Kier alpha value is -2.07. The molecule has 2 atom stereocenters. The lowest BCUT2D eigenvalue weighted by Crippen LogP contribution is -2.47. The number of anilines is 1. The maximum absolute atomic E-state index is 12.8. The predicted molar refractivity (Wildman–Crippen MR) is 115 cm³/mol. The van der Waals surface area contributed by atoms with Gasteiger partial charge in [-0.05, 0) is 49.8 Å². The van der Waals surface area contributed by atoms with Crippen molar-refractivity contribution in [1.82, 2.24) is 10.2 Å². The van der Waals surface area contributed by atoms with E-state index in [2.05, 4.69) is 17.6 Å². The van der Waals surface area contributed by atoms with E-state index in [1.165, 1.54) is 11.3 Å². The van der Waals surface area contributed by atoms with Gasteiger partial charge in [0, 0.05) is 10.6 Å². The molecule has 0 saturated carbocycles. The molecular formula is C20H25N3O5S2. The van der Waals surface area contributed by atoms with Gasteiger partial charge in [-0.1, -0.05) is 6.92 Å². The van der Waals surface area contributed by atoms with Crippen molar-refractivity contribution in [3.05, 3.63) is 16.0 Å². The molecule has 0 bridgehead atoms. The molecule has 10 heteroatoms. The second-order valence-electron chi connectivity index (χ2n) is 8.03. The fourth-order valence-corrected chi connectivity index (χ4v) is 6.96. The molecule has 0 aromatic carbocycles. The van der Waals surface area contributed by atoms with Crippen LogP contribution in [0, 0.1) is 5.92 Å². The van der Waals surface area contributed by atoms with Crippen molar-refractivity contribution in [1.29, 1.82) is 0 Å². The molecule has 3 heterocycles. The second kappa shape index (κ2) is 8.22. The van der Waals surface area contributed by atoms with Gasteiger partial charge in [0.25, 0.3) is 5.91 Å². The van der Waals surface area contributed by atoms with Gasteiger partial charge in [-0.3, -0.25) is 14.5 Å². The van der Waals surface area contributed by atoms with E-state index in [-0.39, 0.29) is 19.1 Å². The number of esters is 1. The predicted octanol–water partition coefficient (Wildman–Crippen LogP) is 2.42. The van der Waals surface area contributed by atoms with Gasteiger partial charge in [0.15, 0.2) is 0 Å². The van der Waals surface area contributed by atoms with Crippen molar-refractivity contribution in [2.24, 2.45) is 5.92 Å². The van der Waals surface area contributed by atoms with Gasteiger partial charge < -0.3 is 15.4 Å². The Bertz CT molecular complexity index is 906. The lowest BCUT2D eigenvalue weighted by atomic mass is 9.88. The highest BCUT2D eigenvalue weighted by Gasteiger charge is 2.53.